The fourth-order valence-corrected chi connectivity index (χ4v) is 4.73. The average Bonchev–Trinajstić information content (AvgIpc) is 3.10. The summed E-state index contributed by atoms with van der Waals surface area (Å²) in [5.41, 5.74) is 8.38. The van der Waals surface area contributed by atoms with Crippen molar-refractivity contribution in [1.29, 1.82) is 0 Å². The molecule has 6 heteroatoms. The third-order valence-corrected chi connectivity index (χ3v) is 6.33. The highest BCUT2D eigenvalue weighted by atomic mass is 16.5. The highest BCUT2D eigenvalue weighted by Gasteiger charge is 2.51. The summed E-state index contributed by atoms with van der Waals surface area (Å²) in [5, 5.41) is 10.2. The van der Waals surface area contributed by atoms with Crippen LogP contribution >= 0.6 is 0 Å². The Balaban J connectivity index is 1.88. The minimum atomic E-state index is -1.70. The molecular formula is C25H32N2O4. The standard InChI is InChI=1S/C25H32N2O4/c1-3-27(4-2)25(23(28)29,15-9-10-16-26)24(30)31-17-22-20-13-7-5-11-18(20)19-12-6-8-14-21(19)22/h5-8,11-14,22H,3-4,9-10,15-17,26H2,1-2H3,(H,28,29)/t25-/m0/s1. The predicted octanol–water partition coefficient (Wildman–Crippen LogP) is 3.64. The van der Waals surface area contributed by atoms with Gasteiger partial charge < -0.3 is 15.6 Å². The fraction of sp³-hybridized carbons (Fsp3) is 0.440. The topological polar surface area (TPSA) is 92.9 Å². The third-order valence-electron chi connectivity index (χ3n) is 6.33. The maximum absolute atomic E-state index is 13.4. The lowest BCUT2D eigenvalue weighted by Gasteiger charge is -2.37. The van der Waals surface area contributed by atoms with Gasteiger partial charge in [0.1, 0.15) is 6.61 Å². The Morgan fingerprint density at radius 2 is 1.55 bits per heavy atom. The van der Waals surface area contributed by atoms with Crippen molar-refractivity contribution in [3.05, 3.63) is 59.7 Å². The van der Waals surface area contributed by atoms with E-state index in [0.717, 1.165) is 22.3 Å². The molecule has 0 radical (unpaired) electrons. The number of ether oxygens (including phenoxy) is 1. The second-order valence-electron chi connectivity index (χ2n) is 7.91. The van der Waals surface area contributed by atoms with E-state index in [0.29, 0.717) is 32.5 Å². The Morgan fingerprint density at radius 3 is 2.03 bits per heavy atom. The number of unbranched alkanes of at least 4 members (excludes halogenated alkanes) is 1. The van der Waals surface area contributed by atoms with E-state index < -0.39 is 17.5 Å². The van der Waals surface area contributed by atoms with Gasteiger partial charge in [0.25, 0.3) is 0 Å². The Morgan fingerprint density at radius 1 is 1.00 bits per heavy atom. The average molecular weight is 425 g/mol. The number of carbonyl (C=O) groups is 2. The van der Waals surface area contributed by atoms with E-state index in [9.17, 15) is 14.7 Å². The maximum atomic E-state index is 13.4. The number of nitrogens with two attached hydrogens (primary N) is 1. The molecule has 0 bridgehead atoms. The van der Waals surface area contributed by atoms with Gasteiger partial charge in [-0.1, -0.05) is 62.4 Å². The lowest BCUT2D eigenvalue weighted by Crippen LogP contribution is -2.61. The lowest BCUT2D eigenvalue weighted by atomic mass is 9.89. The molecule has 31 heavy (non-hydrogen) atoms. The summed E-state index contributed by atoms with van der Waals surface area (Å²) in [4.78, 5) is 27.5. The van der Waals surface area contributed by atoms with Crippen molar-refractivity contribution in [3.63, 3.8) is 0 Å². The first-order valence-electron chi connectivity index (χ1n) is 11.0. The van der Waals surface area contributed by atoms with E-state index in [1.807, 2.05) is 50.2 Å². The summed E-state index contributed by atoms with van der Waals surface area (Å²) in [6.45, 7) is 5.17. The number of benzene rings is 2. The summed E-state index contributed by atoms with van der Waals surface area (Å²) >= 11 is 0. The molecule has 3 rings (SSSR count). The minimum absolute atomic E-state index is 0.108. The van der Waals surface area contributed by atoms with E-state index in [4.69, 9.17) is 10.5 Å². The van der Waals surface area contributed by atoms with Gasteiger partial charge in [0.15, 0.2) is 0 Å². The van der Waals surface area contributed by atoms with Crippen LogP contribution in [0.2, 0.25) is 0 Å². The second-order valence-corrected chi connectivity index (χ2v) is 7.91. The number of hydrogen-bond acceptors (Lipinski definition) is 5. The van der Waals surface area contributed by atoms with Crippen LogP contribution in [0, 0.1) is 0 Å². The van der Waals surface area contributed by atoms with Crippen LogP contribution in [0.4, 0.5) is 0 Å². The molecule has 2 aromatic carbocycles. The number of nitrogens with zero attached hydrogens (tertiary/aromatic N) is 1. The molecule has 1 aliphatic carbocycles. The molecule has 3 N–H and O–H groups in total. The molecule has 0 saturated heterocycles. The van der Waals surface area contributed by atoms with Gasteiger partial charge in [0, 0.05) is 5.92 Å². The summed E-state index contributed by atoms with van der Waals surface area (Å²) in [5.74, 6) is -1.96. The Labute approximate surface area is 184 Å². The summed E-state index contributed by atoms with van der Waals surface area (Å²) < 4.78 is 5.79. The number of carbonyl (C=O) groups excluding carboxylic acids is 1. The van der Waals surface area contributed by atoms with Crippen LogP contribution in [0.3, 0.4) is 0 Å². The highest BCUT2D eigenvalue weighted by molar-refractivity contribution is 6.04. The van der Waals surface area contributed by atoms with Crippen LogP contribution in [-0.2, 0) is 14.3 Å². The highest BCUT2D eigenvalue weighted by Crippen LogP contribution is 2.44. The quantitative estimate of drug-likeness (QED) is 0.325. The molecular weight excluding hydrogens is 392 g/mol. The van der Waals surface area contributed by atoms with Gasteiger partial charge in [0.05, 0.1) is 0 Å². The van der Waals surface area contributed by atoms with Gasteiger partial charge in [-0.25, -0.2) is 9.59 Å². The predicted molar refractivity (Wildman–Crippen MR) is 121 cm³/mol. The molecule has 0 spiro atoms. The smallest absolute Gasteiger partial charge is 0.338 e. The molecule has 0 unspecified atom stereocenters. The van der Waals surface area contributed by atoms with Crippen molar-refractivity contribution < 1.29 is 19.4 Å². The minimum Gasteiger partial charge on any atom is -0.479 e. The monoisotopic (exact) mass is 424 g/mol. The molecule has 0 fully saturated rings. The summed E-state index contributed by atoms with van der Waals surface area (Å²) in [6.07, 6.45) is 1.38. The van der Waals surface area contributed by atoms with E-state index in [-0.39, 0.29) is 18.9 Å². The summed E-state index contributed by atoms with van der Waals surface area (Å²) in [6, 6.07) is 16.2. The van der Waals surface area contributed by atoms with Gasteiger partial charge in [-0.3, -0.25) is 4.90 Å². The van der Waals surface area contributed by atoms with Crippen LogP contribution in [0.1, 0.15) is 50.2 Å². The number of likely N-dealkylation sites (N-methyl/N-ethyl adjacent to an activating group) is 1. The van der Waals surface area contributed by atoms with E-state index in [2.05, 4.69) is 12.1 Å². The number of aliphatic carboxylic acids is 1. The van der Waals surface area contributed by atoms with Crippen molar-refractivity contribution in [1.82, 2.24) is 4.90 Å². The van der Waals surface area contributed by atoms with Crippen LogP contribution in [0.5, 0.6) is 0 Å². The van der Waals surface area contributed by atoms with Gasteiger partial charge in [0.2, 0.25) is 5.54 Å². The van der Waals surface area contributed by atoms with Crippen LogP contribution in [-0.4, -0.2) is 53.7 Å². The number of carboxylic acid groups (broad SMARTS) is 1. The van der Waals surface area contributed by atoms with E-state index >= 15 is 0 Å². The molecule has 166 valence electrons. The maximum Gasteiger partial charge on any atom is 0.338 e. The van der Waals surface area contributed by atoms with Gasteiger partial charge in [-0.15, -0.1) is 0 Å². The first kappa shape index (κ1) is 23.0. The molecule has 1 aliphatic rings. The largest absolute Gasteiger partial charge is 0.479 e. The molecule has 1 atom stereocenters. The Kier molecular flexibility index (Phi) is 7.46. The normalized spacial score (nSPS) is 14.7. The first-order valence-corrected chi connectivity index (χ1v) is 11.0. The molecule has 0 aromatic heterocycles. The van der Waals surface area contributed by atoms with Crippen molar-refractivity contribution in [3.8, 4) is 11.1 Å². The first-order chi connectivity index (χ1) is 15.0. The molecule has 0 heterocycles. The zero-order valence-corrected chi connectivity index (χ0v) is 18.3. The van der Waals surface area contributed by atoms with Gasteiger partial charge >= 0.3 is 11.9 Å². The Bertz CT molecular complexity index is 880. The van der Waals surface area contributed by atoms with Crippen molar-refractivity contribution in [2.24, 2.45) is 5.73 Å². The van der Waals surface area contributed by atoms with Crippen LogP contribution in [0.15, 0.2) is 48.5 Å². The molecule has 0 saturated carbocycles. The van der Waals surface area contributed by atoms with Crippen molar-refractivity contribution >= 4 is 11.9 Å². The molecule has 2 aromatic rings. The molecule has 6 nitrogen and oxygen atoms in total. The van der Waals surface area contributed by atoms with Gasteiger partial charge in [-0.05, 0) is 61.2 Å². The number of esters is 1. The molecule has 0 amide bonds. The zero-order chi connectivity index (χ0) is 22.4. The van der Waals surface area contributed by atoms with Crippen LogP contribution < -0.4 is 5.73 Å². The zero-order valence-electron chi connectivity index (χ0n) is 18.3. The van der Waals surface area contributed by atoms with Crippen LogP contribution in [0.25, 0.3) is 11.1 Å². The van der Waals surface area contributed by atoms with E-state index in [1.54, 1.807) is 4.90 Å². The lowest BCUT2D eigenvalue weighted by molar-refractivity contribution is -0.173. The van der Waals surface area contributed by atoms with Gasteiger partial charge in [-0.2, -0.15) is 0 Å². The van der Waals surface area contributed by atoms with E-state index in [1.165, 1.54) is 0 Å². The number of rotatable bonds is 11. The fourth-order valence-electron chi connectivity index (χ4n) is 4.73. The number of fused-ring (bicyclic) bond motifs is 3. The second kappa shape index (κ2) is 10.1. The third kappa shape index (κ3) is 4.23. The number of carboxylic acids is 1. The summed E-state index contributed by atoms with van der Waals surface area (Å²) in [7, 11) is 0. The SMILES string of the molecule is CCN(CC)[C@@](CCCCN)(C(=O)O)C(=O)OCC1c2ccccc2-c2ccccc21. The number of hydrogen-bond donors (Lipinski definition) is 2. The molecule has 0 aliphatic heterocycles. The van der Waals surface area contributed by atoms with Crippen molar-refractivity contribution in [2.45, 2.75) is 44.6 Å². The Hall–Kier alpha value is -2.70. The van der Waals surface area contributed by atoms with Crippen molar-refractivity contribution in [2.75, 3.05) is 26.2 Å².